The van der Waals surface area contributed by atoms with Gasteiger partial charge in [-0.15, -0.1) is 0 Å². The standard InChI is InChI=1S/C45H29N5/c1-2-10-32(11-3-1)45-37-14-8-13-36(34-12-9-23-46-29-34)44(37)38-26-33(21-22-39(38)50-45)30-17-19-31(20-18-30)35-27-42(40-15-4-6-24-47-40)49-43(28-35)41-16-5-7-25-48-41/h1-29H. The zero-order valence-corrected chi connectivity index (χ0v) is 27.0. The quantitative estimate of drug-likeness (QED) is 0.169. The zero-order chi connectivity index (χ0) is 33.3. The van der Waals surface area contributed by atoms with Gasteiger partial charge in [-0.25, -0.2) is 9.97 Å². The Hall–Kier alpha value is -6.85. The van der Waals surface area contributed by atoms with E-state index in [4.69, 9.17) is 9.97 Å². The maximum absolute atomic E-state index is 5.23. The molecule has 0 bridgehead atoms. The van der Waals surface area contributed by atoms with Crippen LogP contribution in [0.25, 0.3) is 89.1 Å². The van der Waals surface area contributed by atoms with Crippen LogP contribution in [0.15, 0.2) is 176 Å². The van der Waals surface area contributed by atoms with Gasteiger partial charge in [-0.2, -0.15) is 0 Å². The Labute approximate surface area is 289 Å². The number of hydrogen-bond donors (Lipinski definition) is 0. The van der Waals surface area contributed by atoms with E-state index < -0.39 is 0 Å². The summed E-state index contributed by atoms with van der Waals surface area (Å²) in [5.41, 5.74) is 12.9. The van der Waals surface area contributed by atoms with Crippen LogP contribution >= 0.6 is 0 Å². The Morgan fingerprint density at radius 1 is 0.360 bits per heavy atom. The second kappa shape index (κ2) is 12.6. The third-order valence-corrected chi connectivity index (χ3v) is 9.07. The summed E-state index contributed by atoms with van der Waals surface area (Å²) < 4.78 is 0. The molecule has 0 aliphatic carbocycles. The molecule has 0 spiro atoms. The fraction of sp³-hybridized carbons (Fsp3) is 0. The molecular weight excluding hydrogens is 611 g/mol. The summed E-state index contributed by atoms with van der Waals surface area (Å²) in [6.07, 6.45) is 7.34. The van der Waals surface area contributed by atoms with Gasteiger partial charge in [0.25, 0.3) is 0 Å². The third kappa shape index (κ3) is 5.47. The van der Waals surface area contributed by atoms with Gasteiger partial charge < -0.3 is 0 Å². The van der Waals surface area contributed by atoms with Gasteiger partial charge in [0.1, 0.15) is 0 Å². The van der Waals surface area contributed by atoms with E-state index >= 15 is 0 Å². The number of rotatable bonds is 6. The van der Waals surface area contributed by atoms with E-state index in [9.17, 15) is 0 Å². The molecule has 0 amide bonds. The Kier molecular flexibility index (Phi) is 7.41. The smallest absolute Gasteiger partial charge is 0.0900 e. The van der Waals surface area contributed by atoms with Gasteiger partial charge in [0, 0.05) is 52.1 Å². The fourth-order valence-electron chi connectivity index (χ4n) is 6.66. The van der Waals surface area contributed by atoms with Crippen LogP contribution in [0.5, 0.6) is 0 Å². The molecule has 0 radical (unpaired) electrons. The van der Waals surface area contributed by atoms with E-state index in [1.807, 2.05) is 60.9 Å². The molecule has 0 atom stereocenters. The van der Waals surface area contributed by atoms with Crippen molar-refractivity contribution in [1.29, 1.82) is 0 Å². The molecule has 0 saturated heterocycles. The highest BCUT2D eigenvalue weighted by atomic mass is 14.8. The largest absolute Gasteiger partial charge is 0.264 e. The summed E-state index contributed by atoms with van der Waals surface area (Å²) in [6.45, 7) is 0. The average molecular weight is 640 g/mol. The lowest BCUT2D eigenvalue weighted by molar-refractivity contribution is 1.22. The first-order valence-electron chi connectivity index (χ1n) is 16.6. The molecule has 4 aromatic carbocycles. The van der Waals surface area contributed by atoms with Crippen molar-refractivity contribution < 1.29 is 0 Å². The molecule has 0 unspecified atom stereocenters. The topological polar surface area (TPSA) is 64.5 Å². The highest BCUT2D eigenvalue weighted by Crippen LogP contribution is 2.40. The molecule has 0 aliphatic rings. The molecule has 5 heteroatoms. The van der Waals surface area contributed by atoms with E-state index in [0.29, 0.717) is 0 Å². The van der Waals surface area contributed by atoms with Crippen LogP contribution < -0.4 is 0 Å². The predicted molar refractivity (Wildman–Crippen MR) is 203 cm³/mol. The van der Waals surface area contributed by atoms with Crippen LogP contribution in [-0.2, 0) is 0 Å². The average Bonchev–Trinajstić information content (AvgIpc) is 3.21. The first-order valence-corrected chi connectivity index (χ1v) is 16.6. The zero-order valence-electron chi connectivity index (χ0n) is 27.0. The molecule has 0 aliphatic heterocycles. The lowest BCUT2D eigenvalue weighted by Crippen LogP contribution is -1.94. The Morgan fingerprint density at radius 3 is 1.68 bits per heavy atom. The molecule has 0 N–H and O–H groups in total. The SMILES string of the molecule is c1ccc(-c2nc3ccc(-c4ccc(-c5cc(-c6ccccn6)nc(-c6ccccn6)c5)cc4)cc3c3c(-c4cccnc4)cccc23)cc1. The molecule has 0 fully saturated rings. The minimum Gasteiger partial charge on any atom is -0.264 e. The molecule has 9 rings (SSSR count). The van der Waals surface area contributed by atoms with Crippen molar-refractivity contribution in [3.05, 3.63) is 176 Å². The predicted octanol–water partition coefficient (Wildman–Crippen LogP) is 11.0. The van der Waals surface area contributed by atoms with Crippen LogP contribution in [0.1, 0.15) is 0 Å². The molecule has 0 saturated carbocycles. The second-order valence-corrected chi connectivity index (χ2v) is 12.2. The van der Waals surface area contributed by atoms with E-state index in [1.54, 1.807) is 12.4 Å². The molecule has 5 aromatic heterocycles. The number of benzene rings is 4. The van der Waals surface area contributed by atoms with Crippen LogP contribution in [-0.4, -0.2) is 24.9 Å². The lowest BCUT2D eigenvalue weighted by atomic mass is 9.92. The van der Waals surface area contributed by atoms with Gasteiger partial charge in [-0.1, -0.05) is 97.1 Å². The van der Waals surface area contributed by atoms with Crippen molar-refractivity contribution in [2.75, 3.05) is 0 Å². The van der Waals surface area contributed by atoms with Gasteiger partial charge in [0.05, 0.1) is 34.0 Å². The highest BCUT2D eigenvalue weighted by Gasteiger charge is 2.16. The summed E-state index contributed by atoms with van der Waals surface area (Å²) >= 11 is 0. The summed E-state index contributed by atoms with van der Waals surface area (Å²) in [4.78, 5) is 23.8. The maximum atomic E-state index is 5.23. The molecule has 9 aromatic rings. The number of hydrogen-bond acceptors (Lipinski definition) is 5. The minimum atomic E-state index is 0.807. The first-order chi connectivity index (χ1) is 24.8. The number of nitrogens with zero attached hydrogens (tertiary/aromatic N) is 5. The normalized spacial score (nSPS) is 11.2. The van der Waals surface area contributed by atoms with Gasteiger partial charge in [-0.05, 0) is 82.4 Å². The van der Waals surface area contributed by atoms with E-state index in [-0.39, 0.29) is 0 Å². The van der Waals surface area contributed by atoms with Crippen molar-refractivity contribution >= 4 is 21.7 Å². The van der Waals surface area contributed by atoms with Gasteiger partial charge >= 0.3 is 0 Å². The molecule has 50 heavy (non-hydrogen) atoms. The van der Waals surface area contributed by atoms with Crippen molar-refractivity contribution in [1.82, 2.24) is 24.9 Å². The molecular formula is C45H29N5. The van der Waals surface area contributed by atoms with Gasteiger partial charge in [0.2, 0.25) is 0 Å². The monoisotopic (exact) mass is 639 g/mol. The maximum Gasteiger partial charge on any atom is 0.0900 e. The van der Waals surface area contributed by atoms with Crippen molar-refractivity contribution in [3.63, 3.8) is 0 Å². The summed E-state index contributed by atoms with van der Waals surface area (Å²) in [6, 6.07) is 52.3. The fourth-order valence-corrected chi connectivity index (χ4v) is 6.66. The molecule has 5 heterocycles. The summed E-state index contributed by atoms with van der Waals surface area (Å²) in [5.74, 6) is 0. The Morgan fingerprint density at radius 2 is 1.02 bits per heavy atom. The van der Waals surface area contributed by atoms with Gasteiger partial charge in [0.15, 0.2) is 0 Å². The van der Waals surface area contributed by atoms with E-state index in [2.05, 4.69) is 118 Å². The minimum absolute atomic E-state index is 0.807. The van der Waals surface area contributed by atoms with Crippen molar-refractivity contribution in [3.8, 4) is 67.4 Å². The van der Waals surface area contributed by atoms with Gasteiger partial charge in [-0.3, -0.25) is 15.0 Å². The van der Waals surface area contributed by atoms with Crippen LogP contribution in [0.4, 0.5) is 0 Å². The Balaban J connectivity index is 1.17. The number of fused-ring (bicyclic) bond motifs is 3. The van der Waals surface area contributed by atoms with Crippen LogP contribution in [0, 0.1) is 0 Å². The molecule has 5 nitrogen and oxygen atoms in total. The lowest BCUT2D eigenvalue weighted by Gasteiger charge is -2.15. The highest BCUT2D eigenvalue weighted by molar-refractivity contribution is 6.17. The van der Waals surface area contributed by atoms with Crippen LogP contribution in [0.3, 0.4) is 0 Å². The third-order valence-electron chi connectivity index (χ3n) is 9.07. The summed E-state index contributed by atoms with van der Waals surface area (Å²) in [7, 11) is 0. The van der Waals surface area contributed by atoms with E-state index in [0.717, 1.165) is 83.7 Å². The number of aromatic nitrogens is 5. The Bertz CT molecular complexity index is 2550. The van der Waals surface area contributed by atoms with Crippen molar-refractivity contribution in [2.24, 2.45) is 0 Å². The van der Waals surface area contributed by atoms with Crippen molar-refractivity contribution in [2.45, 2.75) is 0 Å². The second-order valence-electron chi connectivity index (χ2n) is 12.2. The van der Waals surface area contributed by atoms with E-state index in [1.165, 1.54) is 5.39 Å². The molecule has 234 valence electrons. The van der Waals surface area contributed by atoms with Crippen LogP contribution in [0.2, 0.25) is 0 Å². The summed E-state index contributed by atoms with van der Waals surface area (Å²) in [5, 5.41) is 3.39. The first kappa shape index (κ1) is 29.3. The number of pyridine rings is 5.